The summed E-state index contributed by atoms with van der Waals surface area (Å²) in [5.74, 6) is -0.676. The third-order valence-corrected chi connectivity index (χ3v) is 5.29. The highest BCUT2D eigenvalue weighted by molar-refractivity contribution is 5.93. The molecule has 2 fully saturated rings. The first kappa shape index (κ1) is 18.6. The minimum atomic E-state index is -0.519. The Morgan fingerprint density at radius 2 is 2.00 bits per heavy atom. The molecule has 0 unspecified atom stereocenters. The molecule has 2 aliphatic rings. The second-order valence-corrected chi connectivity index (χ2v) is 7.17. The Hall–Kier alpha value is -2.15. The van der Waals surface area contributed by atoms with Gasteiger partial charge >= 0.3 is 6.03 Å². The van der Waals surface area contributed by atoms with Gasteiger partial charge in [-0.1, -0.05) is 13.3 Å². The van der Waals surface area contributed by atoms with Gasteiger partial charge in [-0.15, -0.1) is 0 Å². The van der Waals surface area contributed by atoms with Crippen LogP contribution in [0.25, 0.3) is 0 Å². The molecule has 0 saturated carbocycles. The van der Waals surface area contributed by atoms with E-state index in [9.17, 15) is 14.0 Å². The van der Waals surface area contributed by atoms with E-state index in [1.54, 1.807) is 11.8 Å². The van der Waals surface area contributed by atoms with Crippen molar-refractivity contribution in [1.29, 1.82) is 0 Å². The van der Waals surface area contributed by atoms with Gasteiger partial charge in [0.05, 0.1) is 5.69 Å². The summed E-state index contributed by atoms with van der Waals surface area (Å²) in [5.41, 5.74) is 0.552. The lowest BCUT2D eigenvalue weighted by atomic mass is 9.98. The molecule has 0 aromatic heterocycles. The third kappa shape index (κ3) is 4.15. The van der Waals surface area contributed by atoms with E-state index in [4.69, 9.17) is 0 Å². The monoisotopic (exact) mass is 362 g/mol. The van der Waals surface area contributed by atoms with Gasteiger partial charge in [-0.05, 0) is 44.5 Å². The Kier molecular flexibility index (Phi) is 5.76. The summed E-state index contributed by atoms with van der Waals surface area (Å²) >= 11 is 0. The maximum absolute atomic E-state index is 14.0. The van der Waals surface area contributed by atoms with Gasteiger partial charge in [0, 0.05) is 37.3 Å². The summed E-state index contributed by atoms with van der Waals surface area (Å²) in [4.78, 5) is 28.0. The molecular formula is C19H27FN4O2. The van der Waals surface area contributed by atoms with Gasteiger partial charge in [-0.25, -0.2) is 9.18 Å². The smallest absolute Gasteiger partial charge is 0.322 e. The van der Waals surface area contributed by atoms with Crippen molar-refractivity contribution in [3.63, 3.8) is 0 Å². The highest BCUT2D eigenvalue weighted by Gasteiger charge is 2.37. The molecule has 3 rings (SSSR count). The van der Waals surface area contributed by atoms with Crippen LogP contribution in [0.3, 0.4) is 0 Å². The Balaban J connectivity index is 1.55. The van der Waals surface area contributed by atoms with Crippen LogP contribution in [0, 0.1) is 5.82 Å². The van der Waals surface area contributed by atoms with Crippen LogP contribution in [0.2, 0.25) is 0 Å². The van der Waals surface area contributed by atoms with Crippen LogP contribution < -0.4 is 10.6 Å². The lowest BCUT2D eigenvalue weighted by Crippen LogP contribution is -2.64. The van der Waals surface area contributed by atoms with Crippen molar-refractivity contribution >= 4 is 23.3 Å². The van der Waals surface area contributed by atoms with Crippen LogP contribution in [-0.4, -0.2) is 53.5 Å². The molecule has 1 aromatic carbocycles. The molecular weight excluding hydrogens is 335 g/mol. The molecule has 0 radical (unpaired) electrons. The number of halogens is 1. The second kappa shape index (κ2) is 8.03. The molecule has 0 bridgehead atoms. The molecule has 7 heteroatoms. The number of nitrogens with one attached hydrogen (secondary N) is 2. The summed E-state index contributed by atoms with van der Waals surface area (Å²) in [7, 11) is 0. The minimum Gasteiger partial charge on any atom is -0.326 e. The lowest BCUT2D eigenvalue weighted by molar-refractivity contribution is -0.115. The van der Waals surface area contributed by atoms with Crippen molar-refractivity contribution < 1.29 is 14.0 Å². The Morgan fingerprint density at radius 1 is 1.23 bits per heavy atom. The topological polar surface area (TPSA) is 64.7 Å². The molecule has 0 aliphatic carbocycles. The van der Waals surface area contributed by atoms with Crippen LogP contribution in [-0.2, 0) is 4.79 Å². The van der Waals surface area contributed by atoms with Crippen molar-refractivity contribution in [3.8, 4) is 0 Å². The molecule has 2 aliphatic heterocycles. The Bertz CT molecular complexity index is 676. The first-order chi connectivity index (χ1) is 12.5. The standard InChI is InChI=1S/C19H27FN4O2/c1-3-18(25)21-14-7-8-16(20)17(10-14)22-19(26)23-11-15(12-23)24-9-5-4-6-13(24)2/h7-8,10,13,15H,3-6,9,11-12H2,1-2H3,(H,21,25)(H,22,26)/t13-/m0/s1. The van der Waals surface area contributed by atoms with Gasteiger partial charge in [0.25, 0.3) is 0 Å². The normalized spacial score (nSPS) is 21.2. The summed E-state index contributed by atoms with van der Waals surface area (Å²) < 4.78 is 14.0. The first-order valence-electron chi connectivity index (χ1n) is 9.39. The lowest BCUT2D eigenvalue weighted by Gasteiger charge is -2.49. The van der Waals surface area contributed by atoms with E-state index in [0.717, 1.165) is 6.54 Å². The Morgan fingerprint density at radius 3 is 2.69 bits per heavy atom. The largest absolute Gasteiger partial charge is 0.326 e. The molecule has 142 valence electrons. The summed E-state index contributed by atoms with van der Waals surface area (Å²) in [6, 6.07) is 4.84. The summed E-state index contributed by atoms with van der Waals surface area (Å²) in [6.45, 7) is 6.42. The number of hydrogen-bond acceptors (Lipinski definition) is 3. The van der Waals surface area contributed by atoms with Crippen molar-refractivity contribution in [1.82, 2.24) is 9.80 Å². The van der Waals surface area contributed by atoms with Crippen LogP contribution in [0.4, 0.5) is 20.6 Å². The van der Waals surface area contributed by atoms with Gasteiger partial charge in [0.15, 0.2) is 0 Å². The maximum Gasteiger partial charge on any atom is 0.322 e. The van der Waals surface area contributed by atoms with E-state index >= 15 is 0 Å². The minimum absolute atomic E-state index is 0.0821. The number of piperidine rings is 1. The van der Waals surface area contributed by atoms with Gasteiger partial charge < -0.3 is 15.5 Å². The maximum atomic E-state index is 14.0. The fourth-order valence-corrected chi connectivity index (χ4v) is 3.64. The fourth-order valence-electron chi connectivity index (χ4n) is 3.64. The molecule has 1 atom stereocenters. The highest BCUT2D eigenvalue weighted by atomic mass is 19.1. The van der Waals surface area contributed by atoms with E-state index in [1.807, 2.05) is 0 Å². The number of rotatable bonds is 4. The van der Waals surface area contributed by atoms with Crippen LogP contribution in [0.15, 0.2) is 18.2 Å². The quantitative estimate of drug-likeness (QED) is 0.864. The van der Waals surface area contributed by atoms with Crippen molar-refractivity contribution in [2.24, 2.45) is 0 Å². The average Bonchev–Trinajstić information content (AvgIpc) is 2.58. The number of hydrogen-bond donors (Lipinski definition) is 2. The van der Waals surface area contributed by atoms with Crippen molar-refractivity contribution in [3.05, 3.63) is 24.0 Å². The number of carbonyl (C=O) groups is 2. The molecule has 6 nitrogen and oxygen atoms in total. The van der Waals surface area contributed by atoms with Crippen LogP contribution in [0.1, 0.15) is 39.5 Å². The summed E-state index contributed by atoms with van der Waals surface area (Å²) in [5, 5.41) is 5.29. The van der Waals surface area contributed by atoms with Gasteiger partial charge in [-0.2, -0.15) is 0 Å². The van der Waals surface area contributed by atoms with Gasteiger partial charge in [-0.3, -0.25) is 9.69 Å². The fraction of sp³-hybridized carbons (Fsp3) is 0.579. The van der Waals surface area contributed by atoms with E-state index < -0.39 is 5.82 Å². The predicted octanol–water partition coefficient (Wildman–Crippen LogP) is 3.26. The van der Waals surface area contributed by atoms with Crippen LogP contribution in [0.5, 0.6) is 0 Å². The summed E-state index contributed by atoms with van der Waals surface area (Å²) in [6.07, 6.45) is 4.04. The molecule has 1 aromatic rings. The number of carbonyl (C=O) groups excluding carboxylic acids is 2. The molecule has 0 spiro atoms. The zero-order chi connectivity index (χ0) is 18.7. The number of anilines is 2. The van der Waals surface area contributed by atoms with E-state index in [1.165, 1.54) is 37.5 Å². The third-order valence-electron chi connectivity index (χ3n) is 5.29. The predicted molar refractivity (Wildman–Crippen MR) is 99.7 cm³/mol. The van der Waals surface area contributed by atoms with Crippen molar-refractivity contribution in [2.75, 3.05) is 30.3 Å². The number of likely N-dealkylation sites (tertiary alicyclic amines) is 2. The van der Waals surface area contributed by atoms with Gasteiger partial charge in [0.1, 0.15) is 5.82 Å². The zero-order valence-electron chi connectivity index (χ0n) is 15.4. The average molecular weight is 362 g/mol. The SMILES string of the molecule is CCC(=O)Nc1ccc(F)c(NC(=O)N2CC(N3CCCC[C@@H]3C)C2)c1. The van der Waals surface area contributed by atoms with E-state index in [-0.39, 0.29) is 17.6 Å². The molecule has 2 N–H and O–H groups in total. The molecule has 2 saturated heterocycles. The molecule has 3 amide bonds. The van der Waals surface area contributed by atoms with E-state index in [2.05, 4.69) is 22.5 Å². The second-order valence-electron chi connectivity index (χ2n) is 7.17. The number of nitrogens with zero attached hydrogens (tertiary/aromatic N) is 2. The molecule has 26 heavy (non-hydrogen) atoms. The number of amides is 3. The molecule has 2 heterocycles. The van der Waals surface area contributed by atoms with Crippen molar-refractivity contribution in [2.45, 2.75) is 51.6 Å². The van der Waals surface area contributed by atoms with Gasteiger partial charge in [0.2, 0.25) is 5.91 Å². The number of urea groups is 1. The first-order valence-corrected chi connectivity index (χ1v) is 9.39. The zero-order valence-corrected chi connectivity index (χ0v) is 15.4. The van der Waals surface area contributed by atoms with Crippen LogP contribution >= 0.6 is 0 Å². The number of benzene rings is 1. The van der Waals surface area contributed by atoms with E-state index in [0.29, 0.717) is 37.3 Å². The Labute approximate surface area is 153 Å². The highest BCUT2D eigenvalue weighted by Crippen LogP contribution is 2.26.